The van der Waals surface area contributed by atoms with Gasteiger partial charge in [-0.3, -0.25) is 4.79 Å². The van der Waals surface area contributed by atoms with Gasteiger partial charge in [-0.1, -0.05) is 37.3 Å². The van der Waals surface area contributed by atoms with Gasteiger partial charge in [0.1, 0.15) is 6.61 Å². The number of benzene rings is 1. The molecule has 1 saturated heterocycles. The largest absolute Gasteiger partial charge is 0.461 e. The van der Waals surface area contributed by atoms with Gasteiger partial charge in [-0.05, 0) is 24.3 Å². The molecule has 20 heavy (non-hydrogen) atoms. The van der Waals surface area contributed by atoms with Crippen molar-refractivity contribution in [2.75, 3.05) is 31.1 Å². The number of rotatable bonds is 5. The molecule has 0 amide bonds. The van der Waals surface area contributed by atoms with E-state index in [1.165, 1.54) is 17.9 Å². The van der Waals surface area contributed by atoms with E-state index in [0.717, 1.165) is 25.2 Å². The molecular formula is C16H23NO2S. The van der Waals surface area contributed by atoms with E-state index >= 15 is 0 Å². The molecule has 1 aliphatic heterocycles. The van der Waals surface area contributed by atoms with Crippen LogP contribution in [-0.4, -0.2) is 42.0 Å². The lowest BCUT2D eigenvalue weighted by Crippen LogP contribution is -2.34. The Balaban J connectivity index is 1.73. The molecule has 1 aromatic rings. The van der Waals surface area contributed by atoms with Gasteiger partial charge < -0.3 is 9.64 Å². The van der Waals surface area contributed by atoms with Crippen LogP contribution >= 0.6 is 11.8 Å². The average molecular weight is 293 g/mol. The summed E-state index contributed by atoms with van der Waals surface area (Å²) < 4.78 is 5.39. The maximum atomic E-state index is 12.0. The molecule has 1 fully saturated rings. The number of hydrogen-bond donors (Lipinski definition) is 0. The Hall–Kier alpha value is -1.00. The number of esters is 1. The van der Waals surface area contributed by atoms with Crippen LogP contribution in [0.1, 0.15) is 18.9 Å². The molecule has 2 rings (SSSR count). The molecule has 0 bridgehead atoms. The summed E-state index contributed by atoms with van der Waals surface area (Å²) in [5.74, 6) is 2.27. The smallest absolute Gasteiger partial charge is 0.310 e. The third kappa shape index (κ3) is 5.17. The zero-order chi connectivity index (χ0) is 14.2. The maximum absolute atomic E-state index is 12.0. The molecule has 1 atom stereocenters. The normalized spacial score (nSPS) is 18.2. The van der Waals surface area contributed by atoms with Crippen molar-refractivity contribution in [3.05, 3.63) is 35.9 Å². The molecule has 0 spiro atoms. The van der Waals surface area contributed by atoms with Gasteiger partial charge >= 0.3 is 5.97 Å². The van der Waals surface area contributed by atoms with Crippen LogP contribution < -0.4 is 0 Å². The number of thioether (sulfide) groups is 1. The van der Waals surface area contributed by atoms with Crippen molar-refractivity contribution in [2.24, 2.45) is 5.92 Å². The van der Waals surface area contributed by atoms with E-state index in [1.807, 2.05) is 49.0 Å². The van der Waals surface area contributed by atoms with Gasteiger partial charge in [0.05, 0.1) is 5.92 Å². The van der Waals surface area contributed by atoms with E-state index in [2.05, 4.69) is 4.90 Å². The molecule has 1 heterocycles. The molecule has 1 aromatic carbocycles. The fourth-order valence-corrected chi connectivity index (χ4v) is 3.24. The number of hydrogen-bond acceptors (Lipinski definition) is 4. The van der Waals surface area contributed by atoms with Crippen molar-refractivity contribution in [1.29, 1.82) is 0 Å². The standard InChI is InChI=1S/C16H23NO2S/c1-14(12-17-8-5-10-20-11-9-17)16(18)19-13-15-6-3-2-4-7-15/h2-4,6-7,14H,5,8-13H2,1H3. The van der Waals surface area contributed by atoms with Gasteiger partial charge in [0.2, 0.25) is 0 Å². The third-order valence-corrected chi connectivity index (χ3v) is 4.52. The minimum atomic E-state index is -0.0919. The molecule has 0 aromatic heterocycles. The summed E-state index contributed by atoms with van der Waals surface area (Å²) in [7, 11) is 0. The predicted molar refractivity (Wildman–Crippen MR) is 83.8 cm³/mol. The third-order valence-electron chi connectivity index (χ3n) is 3.47. The Morgan fingerprint density at radius 1 is 1.30 bits per heavy atom. The fourth-order valence-electron chi connectivity index (χ4n) is 2.31. The molecule has 3 nitrogen and oxygen atoms in total. The maximum Gasteiger partial charge on any atom is 0.310 e. The highest BCUT2D eigenvalue weighted by Gasteiger charge is 2.19. The van der Waals surface area contributed by atoms with E-state index in [9.17, 15) is 4.79 Å². The zero-order valence-electron chi connectivity index (χ0n) is 12.1. The molecule has 4 heteroatoms. The predicted octanol–water partition coefficient (Wildman–Crippen LogP) is 2.80. The average Bonchev–Trinajstić information content (AvgIpc) is 2.74. The number of nitrogens with zero attached hydrogens (tertiary/aromatic N) is 1. The number of carbonyl (C=O) groups is 1. The second-order valence-electron chi connectivity index (χ2n) is 5.26. The summed E-state index contributed by atoms with van der Waals surface area (Å²) in [6, 6.07) is 9.84. The topological polar surface area (TPSA) is 29.5 Å². The van der Waals surface area contributed by atoms with E-state index < -0.39 is 0 Å². The Morgan fingerprint density at radius 2 is 2.10 bits per heavy atom. The van der Waals surface area contributed by atoms with Crippen LogP contribution in [0, 0.1) is 5.92 Å². The fraction of sp³-hybridized carbons (Fsp3) is 0.562. The molecule has 0 radical (unpaired) electrons. The minimum absolute atomic E-state index is 0.0539. The molecular weight excluding hydrogens is 270 g/mol. The van der Waals surface area contributed by atoms with Crippen LogP contribution in [0.5, 0.6) is 0 Å². The lowest BCUT2D eigenvalue weighted by atomic mass is 10.1. The molecule has 1 unspecified atom stereocenters. The highest BCUT2D eigenvalue weighted by molar-refractivity contribution is 7.99. The van der Waals surface area contributed by atoms with Crippen LogP contribution in [-0.2, 0) is 16.1 Å². The highest BCUT2D eigenvalue weighted by Crippen LogP contribution is 2.12. The van der Waals surface area contributed by atoms with Crippen molar-refractivity contribution in [3.8, 4) is 0 Å². The van der Waals surface area contributed by atoms with Crippen LogP contribution in [0.15, 0.2) is 30.3 Å². The Bertz CT molecular complexity index is 402. The monoisotopic (exact) mass is 293 g/mol. The summed E-state index contributed by atoms with van der Waals surface area (Å²) in [6.07, 6.45) is 1.22. The summed E-state index contributed by atoms with van der Waals surface area (Å²) in [5.41, 5.74) is 1.04. The van der Waals surface area contributed by atoms with Gasteiger partial charge in [0, 0.05) is 18.8 Å². The minimum Gasteiger partial charge on any atom is -0.461 e. The van der Waals surface area contributed by atoms with Gasteiger partial charge in [-0.15, -0.1) is 0 Å². The van der Waals surface area contributed by atoms with Gasteiger partial charge in [-0.25, -0.2) is 0 Å². The van der Waals surface area contributed by atoms with Crippen LogP contribution in [0.2, 0.25) is 0 Å². The van der Waals surface area contributed by atoms with Gasteiger partial charge in [0.15, 0.2) is 0 Å². The number of ether oxygens (including phenoxy) is 1. The van der Waals surface area contributed by atoms with E-state index in [-0.39, 0.29) is 11.9 Å². The van der Waals surface area contributed by atoms with Gasteiger partial charge in [0.25, 0.3) is 0 Å². The quantitative estimate of drug-likeness (QED) is 0.781. The van der Waals surface area contributed by atoms with Crippen molar-refractivity contribution in [1.82, 2.24) is 4.90 Å². The summed E-state index contributed by atoms with van der Waals surface area (Å²) in [6.45, 7) is 5.34. The van der Waals surface area contributed by atoms with Crippen molar-refractivity contribution < 1.29 is 9.53 Å². The van der Waals surface area contributed by atoms with Crippen molar-refractivity contribution in [2.45, 2.75) is 20.0 Å². The first-order chi connectivity index (χ1) is 9.75. The molecule has 0 N–H and O–H groups in total. The van der Waals surface area contributed by atoms with Crippen molar-refractivity contribution in [3.63, 3.8) is 0 Å². The molecule has 110 valence electrons. The van der Waals surface area contributed by atoms with Gasteiger partial charge in [-0.2, -0.15) is 11.8 Å². The summed E-state index contributed by atoms with van der Waals surface area (Å²) >= 11 is 2.00. The van der Waals surface area contributed by atoms with Crippen LogP contribution in [0.3, 0.4) is 0 Å². The second kappa shape index (κ2) is 8.32. The number of carbonyl (C=O) groups excluding carboxylic acids is 1. The first-order valence-corrected chi connectivity index (χ1v) is 8.42. The van der Waals surface area contributed by atoms with Crippen LogP contribution in [0.4, 0.5) is 0 Å². The summed E-state index contributed by atoms with van der Waals surface area (Å²) in [4.78, 5) is 14.4. The Morgan fingerprint density at radius 3 is 2.90 bits per heavy atom. The molecule has 0 aliphatic carbocycles. The Labute approximate surface area is 125 Å². The van der Waals surface area contributed by atoms with E-state index in [1.54, 1.807) is 0 Å². The highest BCUT2D eigenvalue weighted by atomic mass is 32.2. The molecule has 1 aliphatic rings. The van der Waals surface area contributed by atoms with Crippen LogP contribution in [0.25, 0.3) is 0 Å². The Kier molecular flexibility index (Phi) is 6.40. The SMILES string of the molecule is CC(CN1CCCSCC1)C(=O)OCc1ccccc1. The van der Waals surface area contributed by atoms with Crippen molar-refractivity contribution >= 4 is 17.7 Å². The van der Waals surface area contributed by atoms with E-state index in [0.29, 0.717) is 6.61 Å². The zero-order valence-corrected chi connectivity index (χ0v) is 12.9. The lowest BCUT2D eigenvalue weighted by molar-refractivity contribution is -0.149. The second-order valence-corrected chi connectivity index (χ2v) is 6.49. The first-order valence-electron chi connectivity index (χ1n) is 7.26. The molecule has 0 saturated carbocycles. The summed E-state index contributed by atoms with van der Waals surface area (Å²) in [5, 5.41) is 0. The first kappa shape index (κ1) is 15.4. The lowest BCUT2D eigenvalue weighted by Gasteiger charge is -2.22. The van der Waals surface area contributed by atoms with E-state index in [4.69, 9.17) is 4.74 Å².